The van der Waals surface area contributed by atoms with Crippen molar-refractivity contribution >= 4 is 0 Å². The van der Waals surface area contributed by atoms with E-state index in [1.54, 1.807) is 0 Å². The van der Waals surface area contributed by atoms with Gasteiger partial charge in [-0.2, -0.15) is 0 Å². The van der Waals surface area contributed by atoms with E-state index in [1.807, 2.05) is 0 Å². The number of nitrogens with two attached hydrogens (primary N) is 1. The van der Waals surface area contributed by atoms with Crippen LogP contribution in [-0.4, -0.2) is 18.2 Å². The molecule has 2 rings (SSSR count). The topological polar surface area (TPSA) is 35.2 Å². The van der Waals surface area contributed by atoms with Crippen LogP contribution in [0, 0.1) is 11.3 Å². The standard InChI is InChI=1S/C15H29NO/c1-4-14(2,3)13(16)12-7-10-17-15(11-12)8-5-6-9-15/h12-13H,4-11,16H2,1-3H3. The summed E-state index contributed by atoms with van der Waals surface area (Å²) in [5.41, 5.74) is 7.01. The maximum Gasteiger partial charge on any atom is 0.0685 e. The summed E-state index contributed by atoms with van der Waals surface area (Å²) in [5, 5.41) is 0. The number of hydrogen-bond donors (Lipinski definition) is 1. The van der Waals surface area contributed by atoms with Gasteiger partial charge in [0.1, 0.15) is 0 Å². The lowest BCUT2D eigenvalue weighted by Gasteiger charge is -2.44. The molecule has 1 saturated heterocycles. The molecule has 2 aliphatic rings. The first-order valence-corrected chi connectivity index (χ1v) is 7.39. The molecule has 0 aromatic rings. The summed E-state index contributed by atoms with van der Waals surface area (Å²) in [6.07, 6.45) is 8.76. The fraction of sp³-hybridized carbons (Fsp3) is 1.00. The first-order valence-electron chi connectivity index (χ1n) is 7.39. The molecule has 2 unspecified atom stereocenters. The van der Waals surface area contributed by atoms with E-state index in [-0.39, 0.29) is 11.0 Å². The van der Waals surface area contributed by atoms with Gasteiger partial charge in [-0.25, -0.2) is 0 Å². The van der Waals surface area contributed by atoms with Gasteiger partial charge in [0.15, 0.2) is 0 Å². The van der Waals surface area contributed by atoms with Gasteiger partial charge in [0, 0.05) is 12.6 Å². The molecule has 2 nitrogen and oxygen atoms in total. The van der Waals surface area contributed by atoms with Crippen molar-refractivity contribution < 1.29 is 4.74 Å². The maximum absolute atomic E-state index is 6.53. The minimum atomic E-state index is 0.213. The summed E-state index contributed by atoms with van der Waals surface area (Å²) >= 11 is 0. The predicted octanol–water partition coefficient (Wildman–Crippen LogP) is 3.49. The maximum atomic E-state index is 6.53. The van der Waals surface area contributed by atoms with Crippen LogP contribution in [0.5, 0.6) is 0 Å². The van der Waals surface area contributed by atoms with Crippen molar-refractivity contribution in [3.05, 3.63) is 0 Å². The summed E-state index contributed by atoms with van der Waals surface area (Å²) in [5.74, 6) is 0.664. The van der Waals surface area contributed by atoms with Crippen LogP contribution in [0.1, 0.15) is 65.7 Å². The highest BCUT2D eigenvalue weighted by Gasteiger charge is 2.43. The minimum absolute atomic E-state index is 0.213. The zero-order valence-corrected chi connectivity index (χ0v) is 11.8. The molecule has 1 aliphatic heterocycles. The smallest absolute Gasteiger partial charge is 0.0685 e. The van der Waals surface area contributed by atoms with Gasteiger partial charge >= 0.3 is 0 Å². The zero-order chi connectivity index (χ0) is 12.5. The quantitative estimate of drug-likeness (QED) is 0.818. The third-order valence-corrected chi connectivity index (χ3v) is 5.37. The molecule has 0 aromatic heterocycles. The Kier molecular flexibility index (Phi) is 3.84. The van der Waals surface area contributed by atoms with E-state index in [4.69, 9.17) is 10.5 Å². The van der Waals surface area contributed by atoms with Crippen molar-refractivity contribution in [1.29, 1.82) is 0 Å². The SMILES string of the molecule is CCC(C)(C)C(N)C1CCOC2(CCCC2)C1. The molecule has 1 aliphatic carbocycles. The molecule has 1 saturated carbocycles. The third-order valence-electron chi connectivity index (χ3n) is 5.37. The van der Waals surface area contributed by atoms with Crippen molar-refractivity contribution in [3.63, 3.8) is 0 Å². The first kappa shape index (κ1) is 13.4. The highest BCUT2D eigenvalue weighted by atomic mass is 16.5. The van der Waals surface area contributed by atoms with Gasteiger partial charge in [0.05, 0.1) is 5.60 Å². The van der Waals surface area contributed by atoms with Gasteiger partial charge in [-0.05, 0) is 43.4 Å². The van der Waals surface area contributed by atoms with Crippen molar-refractivity contribution in [2.45, 2.75) is 77.4 Å². The lowest BCUT2D eigenvalue weighted by atomic mass is 9.70. The number of rotatable bonds is 3. The normalized spacial score (nSPS) is 30.7. The number of ether oxygens (including phenoxy) is 1. The van der Waals surface area contributed by atoms with Crippen LogP contribution in [0.2, 0.25) is 0 Å². The van der Waals surface area contributed by atoms with E-state index in [9.17, 15) is 0 Å². The number of hydrogen-bond acceptors (Lipinski definition) is 2. The van der Waals surface area contributed by atoms with Crippen LogP contribution in [0.15, 0.2) is 0 Å². The van der Waals surface area contributed by atoms with Crippen molar-refractivity contribution in [2.24, 2.45) is 17.1 Å². The van der Waals surface area contributed by atoms with Gasteiger partial charge in [-0.1, -0.05) is 33.6 Å². The van der Waals surface area contributed by atoms with Crippen LogP contribution in [0.25, 0.3) is 0 Å². The van der Waals surface area contributed by atoms with E-state index in [1.165, 1.54) is 38.5 Å². The molecule has 2 fully saturated rings. The third kappa shape index (κ3) is 2.68. The average Bonchev–Trinajstić information content (AvgIpc) is 2.76. The molecule has 0 amide bonds. The molecule has 100 valence electrons. The minimum Gasteiger partial charge on any atom is -0.375 e. The lowest BCUT2D eigenvalue weighted by Crippen LogP contribution is -2.49. The van der Waals surface area contributed by atoms with Gasteiger partial charge in [0.25, 0.3) is 0 Å². The van der Waals surface area contributed by atoms with E-state index in [0.29, 0.717) is 12.0 Å². The first-order chi connectivity index (χ1) is 7.99. The fourth-order valence-corrected chi connectivity index (χ4v) is 3.61. The Balaban J connectivity index is 2.02. The molecule has 2 heteroatoms. The van der Waals surface area contributed by atoms with E-state index >= 15 is 0 Å². The molecule has 17 heavy (non-hydrogen) atoms. The Morgan fingerprint density at radius 3 is 2.59 bits per heavy atom. The molecule has 1 heterocycles. The Hall–Kier alpha value is -0.0800. The van der Waals surface area contributed by atoms with E-state index < -0.39 is 0 Å². The molecular formula is C15H29NO. The van der Waals surface area contributed by atoms with Gasteiger partial charge in [-0.15, -0.1) is 0 Å². The Morgan fingerprint density at radius 1 is 1.35 bits per heavy atom. The summed E-state index contributed by atoms with van der Waals surface area (Å²) in [6.45, 7) is 7.81. The molecule has 2 atom stereocenters. The van der Waals surface area contributed by atoms with Crippen molar-refractivity contribution in [1.82, 2.24) is 0 Å². The van der Waals surface area contributed by atoms with Crippen LogP contribution < -0.4 is 5.73 Å². The van der Waals surface area contributed by atoms with Crippen LogP contribution >= 0.6 is 0 Å². The van der Waals surface area contributed by atoms with Crippen LogP contribution in [0.4, 0.5) is 0 Å². The molecule has 0 radical (unpaired) electrons. The molecule has 2 N–H and O–H groups in total. The summed E-state index contributed by atoms with van der Waals surface area (Å²) in [6, 6.07) is 0.328. The Morgan fingerprint density at radius 2 is 2.00 bits per heavy atom. The van der Waals surface area contributed by atoms with Gasteiger partial charge in [0.2, 0.25) is 0 Å². The lowest BCUT2D eigenvalue weighted by molar-refractivity contribution is -0.102. The molecule has 1 spiro atoms. The monoisotopic (exact) mass is 239 g/mol. The van der Waals surface area contributed by atoms with Gasteiger partial charge < -0.3 is 10.5 Å². The highest BCUT2D eigenvalue weighted by Crippen LogP contribution is 2.44. The zero-order valence-electron chi connectivity index (χ0n) is 11.8. The van der Waals surface area contributed by atoms with Crippen LogP contribution in [-0.2, 0) is 4.74 Å². The predicted molar refractivity (Wildman–Crippen MR) is 71.9 cm³/mol. The molecule has 0 aromatic carbocycles. The second kappa shape index (κ2) is 4.89. The highest BCUT2D eigenvalue weighted by molar-refractivity contribution is 4.96. The Labute approximate surface area is 106 Å². The van der Waals surface area contributed by atoms with Gasteiger partial charge in [-0.3, -0.25) is 0 Å². The van der Waals surface area contributed by atoms with Crippen molar-refractivity contribution in [3.8, 4) is 0 Å². The average molecular weight is 239 g/mol. The summed E-state index contributed by atoms with van der Waals surface area (Å²) in [7, 11) is 0. The van der Waals surface area contributed by atoms with E-state index in [0.717, 1.165) is 13.0 Å². The van der Waals surface area contributed by atoms with Crippen molar-refractivity contribution in [2.75, 3.05) is 6.61 Å². The Bertz CT molecular complexity index is 256. The summed E-state index contributed by atoms with van der Waals surface area (Å²) in [4.78, 5) is 0. The molecular weight excluding hydrogens is 210 g/mol. The second-order valence-electron chi connectivity index (χ2n) is 6.86. The largest absolute Gasteiger partial charge is 0.375 e. The fourth-order valence-electron chi connectivity index (χ4n) is 3.61. The second-order valence-corrected chi connectivity index (χ2v) is 6.86. The molecule has 0 bridgehead atoms. The van der Waals surface area contributed by atoms with E-state index in [2.05, 4.69) is 20.8 Å². The van der Waals surface area contributed by atoms with Crippen LogP contribution in [0.3, 0.4) is 0 Å². The summed E-state index contributed by atoms with van der Waals surface area (Å²) < 4.78 is 6.10.